The number of hydrogen-bond donors (Lipinski definition) is 2. The second kappa shape index (κ2) is 3.94. The Hall–Kier alpha value is -0.0800. The minimum atomic E-state index is 0.876. The third-order valence-corrected chi connectivity index (χ3v) is 2.37. The zero-order chi connectivity index (χ0) is 7.40. The standard InChI is InChI=1S/C8H18N2/c1-10-5-3-8-6-7(8)2-4-9/h7-8,10H,2-6,9H2,1H3. The van der Waals surface area contributed by atoms with E-state index < -0.39 is 0 Å². The van der Waals surface area contributed by atoms with Gasteiger partial charge in [0.1, 0.15) is 0 Å². The van der Waals surface area contributed by atoms with Crippen molar-refractivity contribution in [2.24, 2.45) is 17.6 Å². The van der Waals surface area contributed by atoms with Gasteiger partial charge in [0.15, 0.2) is 0 Å². The number of nitrogens with two attached hydrogens (primary N) is 1. The Morgan fingerprint density at radius 1 is 1.40 bits per heavy atom. The van der Waals surface area contributed by atoms with Crippen LogP contribution in [0, 0.1) is 11.8 Å². The molecule has 2 heteroatoms. The fourth-order valence-corrected chi connectivity index (χ4v) is 1.56. The Labute approximate surface area is 63.2 Å². The number of rotatable bonds is 5. The minimum absolute atomic E-state index is 0.876. The summed E-state index contributed by atoms with van der Waals surface area (Å²) >= 11 is 0. The maximum atomic E-state index is 5.44. The third kappa shape index (κ3) is 2.27. The van der Waals surface area contributed by atoms with Crippen LogP contribution in [0.4, 0.5) is 0 Å². The van der Waals surface area contributed by atoms with Gasteiger partial charge in [-0.25, -0.2) is 0 Å². The van der Waals surface area contributed by atoms with Gasteiger partial charge >= 0.3 is 0 Å². The molecule has 0 bridgehead atoms. The van der Waals surface area contributed by atoms with Crippen LogP contribution in [0.15, 0.2) is 0 Å². The predicted molar refractivity (Wildman–Crippen MR) is 43.8 cm³/mol. The molecular weight excluding hydrogens is 124 g/mol. The second-order valence-electron chi connectivity index (χ2n) is 3.23. The van der Waals surface area contributed by atoms with Gasteiger partial charge in [0.2, 0.25) is 0 Å². The minimum Gasteiger partial charge on any atom is -0.330 e. The van der Waals surface area contributed by atoms with Gasteiger partial charge in [-0.1, -0.05) is 0 Å². The molecule has 3 N–H and O–H groups in total. The molecule has 1 aliphatic carbocycles. The zero-order valence-corrected chi connectivity index (χ0v) is 6.77. The maximum Gasteiger partial charge on any atom is -0.00492 e. The Morgan fingerprint density at radius 3 is 2.70 bits per heavy atom. The molecule has 0 aromatic heterocycles. The molecular formula is C8H18N2. The normalized spacial score (nSPS) is 30.6. The molecule has 2 atom stereocenters. The molecule has 0 heterocycles. The van der Waals surface area contributed by atoms with Crippen molar-refractivity contribution in [2.45, 2.75) is 19.3 Å². The van der Waals surface area contributed by atoms with E-state index in [1.54, 1.807) is 0 Å². The molecule has 1 saturated carbocycles. The first-order chi connectivity index (χ1) is 4.88. The fourth-order valence-electron chi connectivity index (χ4n) is 1.56. The Morgan fingerprint density at radius 2 is 2.10 bits per heavy atom. The van der Waals surface area contributed by atoms with Crippen LogP contribution in [0.3, 0.4) is 0 Å². The summed E-state index contributed by atoms with van der Waals surface area (Å²) in [7, 11) is 2.01. The summed E-state index contributed by atoms with van der Waals surface area (Å²) in [4.78, 5) is 0. The van der Waals surface area contributed by atoms with Crippen molar-refractivity contribution >= 4 is 0 Å². The molecule has 0 aromatic rings. The van der Waals surface area contributed by atoms with E-state index in [1.807, 2.05) is 7.05 Å². The van der Waals surface area contributed by atoms with E-state index in [0.29, 0.717) is 0 Å². The first-order valence-electron chi connectivity index (χ1n) is 4.23. The lowest BCUT2D eigenvalue weighted by Gasteiger charge is -1.96. The van der Waals surface area contributed by atoms with Crippen LogP contribution in [0.1, 0.15) is 19.3 Å². The molecule has 0 saturated heterocycles. The van der Waals surface area contributed by atoms with Crippen molar-refractivity contribution in [3.63, 3.8) is 0 Å². The molecule has 2 nitrogen and oxygen atoms in total. The van der Waals surface area contributed by atoms with Crippen LogP contribution in [0.2, 0.25) is 0 Å². The van der Waals surface area contributed by atoms with E-state index in [2.05, 4.69) is 5.32 Å². The summed E-state index contributed by atoms with van der Waals surface area (Å²) in [5.41, 5.74) is 5.44. The quantitative estimate of drug-likeness (QED) is 0.589. The monoisotopic (exact) mass is 142 g/mol. The molecule has 1 fully saturated rings. The molecule has 0 amide bonds. The van der Waals surface area contributed by atoms with E-state index in [1.165, 1.54) is 25.8 Å². The topological polar surface area (TPSA) is 38.0 Å². The fraction of sp³-hybridized carbons (Fsp3) is 1.00. The molecule has 0 aliphatic heterocycles. The summed E-state index contributed by atoms with van der Waals surface area (Å²) in [5, 5.41) is 3.17. The molecule has 1 rings (SSSR count). The smallest absolute Gasteiger partial charge is 0.00492 e. The van der Waals surface area contributed by atoms with Crippen molar-refractivity contribution < 1.29 is 0 Å². The third-order valence-electron chi connectivity index (χ3n) is 2.37. The first-order valence-corrected chi connectivity index (χ1v) is 4.23. The molecule has 0 radical (unpaired) electrons. The Kier molecular flexibility index (Phi) is 3.16. The van der Waals surface area contributed by atoms with Gasteiger partial charge in [0.05, 0.1) is 0 Å². The highest BCUT2D eigenvalue weighted by Gasteiger charge is 2.34. The van der Waals surface area contributed by atoms with Crippen molar-refractivity contribution in [1.29, 1.82) is 0 Å². The average Bonchev–Trinajstić information content (AvgIpc) is 2.65. The van der Waals surface area contributed by atoms with Crippen LogP contribution in [0.5, 0.6) is 0 Å². The Balaban J connectivity index is 1.92. The zero-order valence-electron chi connectivity index (χ0n) is 6.77. The maximum absolute atomic E-state index is 5.44. The van der Waals surface area contributed by atoms with Gasteiger partial charge in [-0.05, 0) is 51.2 Å². The predicted octanol–water partition coefficient (Wildman–Crippen LogP) is 0.581. The second-order valence-corrected chi connectivity index (χ2v) is 3.23. The molecule has 0 spiro atoms. The SMILES string of the molecule is CNCCC1CC1CCN. The van der Waals surface area contributed by atoms with E-state index in [9.17, 15) is 0 Å². The van der Waals surface area contributed by atoms with Crippen LogP contribution >= 0.6 is 0 Å². The molecule has 1 aliphatic rings. The van der Waals surface area contributed by atoms with Crippen LogP contribution in [0.25, 0.3) is 0 Å². The summed E-state index contributed by atoms with van der Waals surface area (Å²) in [6.07, 6.45) is 4.02. The molecule has 2 unspecified atom stereocenters. The highest BCUT2D eigenvalue weighted by molar-refractivity contribution is 4.86. The first kappa shape index (κ1) is 8.02. The van der Waals surface area contributed by atoms with Gasteiger partial charge in [0.25, 0.3) is 0 Å². The number of hydrogen-bond acceptors (Lipinski definition) is 2. The van der Waals surface area contributed by atoms with Crippen LogP contribution in [-0.2, 0) is 0 Å². The van der Waals surface area contributed by atoms with Crippen molar-refractivity contribution in [3.8, 4) is 0 Å². The van der Waals surface area contributed by atoms with Gasteiger partial charge in [-0.15, -0.1) is 0 Å². The van der Waals surface area contributed by atoms with Gasteiger partial charge in [-0.3, -0.25) is 0 Å². The highest BCUT2D eigenvalue weighted by atomic mass is 14.8. The van der Waals surface area contributed by atoms with E-state index in [0.717, 1.165) is 18.4 Å². The van der Waals surface area contributed by atoms with Crippen molar-refractivity contribution in [3.05, 3.63) is 0 Å². The van der Waals surface area contributed by atoms with Gasteiger partial charge in [0, 0.05) is 0 Å². The highest BCUT2D eigenvalue weighted by Crippen LogP contribution is 2.42. The molecule has 0 aromatic carbocycles. The van der Waals surface area contributed by atoms with Gasteiger partial charge in [-0.2, -0.15) is 0 Å². The molecule has 60 valence electrons. The van der Waals surface area contributed by atoms with Crippen LogP contribution < -0.4 is 11.1 Å². The van der Waals surface area contributed by atoms with E-state index >= 15 is 0 Å². The summed E-state index contributed by atoms with van der Waals surface area (Å²) in [5.74, 6) is 1.97. The Bertz CT molecular complexity index is 93.3. The van der Waals surface area contributed by atoms with Crippen molar-refractivity contribution in [1.82, 2.24) is 5.32 Å². The lowest BCUT2D eigenvalue weighted by atomic mass is 10.2. The lowest BCUT2D eigenvalue weighted by Crippen LogP contribution is -2.09. The van der Waals surface area contributed by atoms with Crippen molar-refractivity contribution in [2.75, 3.05) is 20.1 Å². The van der Waals surface area contributed by atoms with E-state index in [4.69, 9.17) is 5.73 Å². The average molecular weight is 142 g/mol. The van der Waals surface area contributed by atoms with E-state index in [-0.39, 0.29) is 0 Å². The summed E-state index contributed by atoms with van der Waals surface area (Å²) in [6, 6.07) is 0. The summed E-state index contributed by atoms with van der Waals surface area (Å²) < 4.78 is 0. The molecule has 10 heavy (non-hydrogen) atoms. The van der Waals surface area contributed by atoms with Crippen LogP contribution in [-0.4, -0.2) is 20.1 Å². The largest absolute Gasteiger partial charge is 0.330 e. The number of nitrogens with one attached hydrogen (secondary N) is 1. The summed E-state index contributed by atoms with van der Waals surface area (Å²) in [6.45, 7) is 2.05. The van der Waals surface area contributed by atoms with Gasteiger partial charge < -0.3 is 11.1 Å². The lowest BCUT2D eigenvalue weighted by molar-refractivity contribution is 0.592.